The predicted molar refractivity (Wildman–Crippen MR) is 143 cm³/mol. The molecule has 0 aromatic heterocycles. The standard InChI is InChI=1S/C32H58O/c1-3-5-7-8-11-15-27-18-20-29(21-19-27)31(26-33)32(30-16-12-9-13-17-30)24-22-28(23-25-32)14-10-6-4-2/h26-31H,3-25H2,1-2H3. The average molecular weight is 459 g/mol. The van der Waals surface area contributed by atoms with Gasteiger partial charge in [0.15, 0.2) is 0 Å². The van der Waals surface area contributed by atoms with E-state index >= 15 is 0 Å². The highest BCUT2D eigenvalue weighted by atomic mass is 16.1. The number of hydrogen-bond donors (Lipinski definition) is 0. The van der Waals surface area contributed by atoms with Crippen LogP contribution >= 0.6 is 0 Å². The highest BCUT2D eigenvalue weighted by Crippen LogP contribution is 2.57. The van der Waals surface area contributed by atoms with E-state index in [1.807, 2.05) is 0 Å². The van der Waals surface area contributed by atoms with E-state index in [2.05, 4.69) is 13.8 Å². The van der Waals surface area contributed by atoms with Gasteiger partial charge >= 0.3 is 0 Å². The van der Waals surface area contributed by atoms with Gasteiger partial charge in [-0.1, -0.05) is 110 Å². The molecule has 3 fully saturated rings. The van der Waals surface area contributed by atoms with Gasteiger partial charge in [0.25, 0.3) is 0 Å². The van der Waals surface area contributed by atoms with Gasteiger partial charge in [0.1, 0.15) is 6.29 Å². The molecular formula is C32H58O. The third kappa shape index (κ3) is 7.83. The van der Waals surface area contributed by atoms with Gasteiger partial charge in [-0.2, -0.15) is 0 Å². The third-order valence-electron chi connectivity index (χ3n) is 10.6. The van der Waals surface area contributed by atoms with Crippen LogP contribution in [0.5, 0.6) is 0 Å². The molecule has 1 heteroatoms. The van der Waals surface area contributed by atoms with E-state index in [1.165, 1.54) is 154 Å². The summed E-state index contributed by atoms with van der Waals surface area (Å²) in [7, 11) is 0. The molecule has 0 spiro atoms. The Labute approximate surface area is 207 Å². The smallest absolute Gasteiger partial charge is 0.123 e. The van der Waals surface area contributed by atoms with Crippen molar-refractivity contribution in [2.75, 3.05) is 0 Å². The molecule has 0 bridgehead atoms. The summed E-state index contributed by atoms with van der Waals surface area (Å²) in [5.41, 5.74) is 0.362. The number of hydrogen-bond acceptors (Lipinski definition) is 1. The van der Waals surface area contributed by atoms with E-state index in [0.717, 1.165) is 17.8 Å². The first-order valence-electron chi connectivity index (χ1n) is 15.7. The van der Waals surface area contributed by atoms with Crippen molar-refractivity contribution >= 4 is 6.29 Å². The molecule has 0 saturated heterocycles. The molecule has 3 rings (SSSR count). The van der Waals surface area contributed by atoms with Gasteiger partial charge in [-0.25, -0.2) is 0 Å². The zero-order valence-electron chi connectivity index (χ0n) is 22.6. The fraction of sp³-hybridized carbons (Fsp3) is 0.969. The summed E-state index contributed by atoms with van der Waals surface area (Å²) in [6.45, 7) is 4.63. The summed E-state index contributed by atoms with van der Waals surface area (Å²) in [6, 6.07) is 0. The lowest BCUT2D eigenvalue weighted by Crippen LogP contribution is -2.46. The normalized spacial score (nSPS) is 32.5. The first kappa shape index (κ1) is 27.3. The first-order chi connectivity index (χ1) is 16.2. The lowest BCUT2D eigenvalue weighted by Gasteiger charge is -2.53. The lowest BCUT2D eigenvalue weighted by atomic mass is 9.51. The highest BCUT2D eigenvalue weighted by Gasteiger charge is 2.49. The maximum Gasteiger partial charge on any atom is 0.123 e. The van der Waals surface area contributed by atoms with E-state index in [9.17, 15) is 4.79 Å². The monoisotopic (exact) mass is 458 g/mol. The van der Waals surface area contributed by atoms with E-state index < -0.39 is 0 Å². The summed E-state index contributed by atoms with van der Waals surface area (Å²) in [6.07, 6.45) is 33.8. The molecule has 1 atom stereocenters. The molecule has 3 aliphatic carbocycles. The molecule has 33 heavy (non-hydrogen) atoms. The number of aldehydes is 1. The molecule has 0 aromatic carbocycles. The van der Waals surface area contributed by atoms with Crippen molar-refractivity contribution in [2.24, 2.45) is 35.0 Å². The van der Waals surface area contributed by atoms with Crippen LogP contribution in [0.2, 0.25) is 0 Å². The summed E-state index contributed by atoms with van der Waals surface area (Å²) < 4.78 is 0. The van der Waals surface area contributed by atoms with Crippen molar-refractivity contribution in [1.29, 1.82) is 0 Å². The molecule has 3 aliphatic rings. The Morgan fingerprint density at radius 2 is 1.21 bits per heavy atom. The summed E-state index contributed by atoms with van der Waals surface area (Å²) in [5.74, 6) is 3.80. The zero-order valence-corrected chi connectivity index (χ0v) is 22.6. The molecule has 0 N–H and O–H groups in total. The van der Waals surface area contributed by atoms with Gasteiger partial charge in [-0.05, 0) is 80.5 Å². The van der Waals surface area contributed by atoms with Gasteiger partial charge in [0, 0.05) is 5.92 Å². The van der Waals surface area contributed by atoms with Gasteiger partial charge in [0.2, 0.25) is 0 Å². The Hall–Kier alpha value is -0.330. The van der Waals surface area contributed by atoms with Gasteiger partial charge in [-0.15, -0.1) is 0 Å². The van der Waals surface area contributed by atoms with Crippen molar-refractivity contribution in [3.8, 4) is 0 Å². The minimum Gasteiger partial charge on any atom is -0.303 e. The number of carbonyl (C=O) groups is 1. The molecule has 1 nitrogen and oxygen atoms in total. The van der Waals surface area contributed by atoms with Crippen LogP contribution in [0, 0.1) is 35.0 Å². The third-order valence-corrected chi connectivity index (χ3v) is 10.6. The predicted octanol–water partition coefficient (Wildman–Crippen LogP) is 10.3. The second-order valence-corrected chi connectivity index (χ2v) is 12.7. The van der Waals surface area contributed by atoms with E-state index in [1.54, 1.807) is 0 Å². The van der Waals surface area contributed by atoms with Crippen LogP contribution in [0.3, 0.4) is 0 Å². The Morgan fingerprint density at radius 1 is 0.667 bits per heavy atom. The summed E-state index contributed by atoms with van der Waals surface area (Å²) >= 11 is 0. The Kier molecular flexibility index (Phi) is 12.3. The van der Waals surface area contributed by atoms with Crippen LogP contribution < -0.4 is 0 Å². The minimum absolute atomic E-state index is 0.362. The van der Waals surface area contributed by atoms with Gasteiger partial charge in [0.05, 0.1) is 0 Å². The van der Waals surface area contributed by atoms with Crippen molar-refractivity contribution in [3.63, 3.8) is 0 Å². The number of unbranched alkanes of at least 4 members (excludes halogenated alkanes) is 6. The zero-order chi connectivity index (χ0) is 23.4. The van der Waals surface area contributed by atoms with Crippen LogP contribution in [0.25, 0.3) is 0 Å². The van der Waals surface area contributed by atoms with Crippen LogP contribution in [0.1, 0.15) is 162 Å². The molecule has 0 amide bonds. The van der Waals surface area contributed by atoms with Gasteiger partial charge < -0.3 is 4.79 Å². The maximum absolute atomic E-state index is 12.8. The lowest BCUT2D eigenvalue weighted by molar-refractivity contribution is -0.125. The van der Waals surface area contributed by atoms with Crippen molar-refractivity contribution in [1.82, 2.24) is 0 Å². The molecule has 3 saturated carbocycles. The SMILES string of the molecule is CCCCCCCC1CCC(C(C=O)C2(C3CCCCC3)CCC(CCCCC)CC2)CC1. The van der Waals surface area contributed by atoms with Gasteiger partial charge in [-0.3, -0.25) is 0 Å². The van der Waals surface area contributed by atoms with Crippen LogP contribution in [-0.2, 0) is 4.79 Å². The second kappa shape index (κ2) is 14.9. The van der Waals surface area contributed by atoms with Crippen molar-refractivity contribution < 1.29 is 4.79 Å². The Morgan fingerprint density at radius 3 is 1.82 bits per heavy atom. The average Bonchev–Trinajstić information content (AvgIpc) is 2.87. The van der Waals surface area contributed by atoms with Crippen LogP contribution in [0.15, 0.2) is 0 Å². The highest BCUT2D eigenvalue weighted by molar-refractivity contribution is 5.56. The number of rotatable bonds is 14. The summed E-state index contributed by atoms with van der Waals surface area (Å²) in [4.78, 5) is 12.8. The maximum atomic E-state index is 12.8. The Balaban J connectivity index is 1.57. The fourth-order valence-corrected chi connectivity index (χ4v) is 8.47. The number of carbonyl (C=O) groups excluding carboxylic acids is 1. The molecular weight excluding hydrogens is 400 g/mol. The Bertz CT molecular complexity index is 503. The molecule has 192 valence electrons. The molecule has 0 radical (unpaired) electrons. The second-order valence-electron chi connectivity index (χ2n) is 12.7. The van der Waals surface area contributed by atoms with E-state index in [-0.39, 0.29) is 0 Å². The first-order valence-corrected chi connectivity index (χ1v) is 15.7. The molecule has 1 unspecified atom stereocenters. The topological polar surface area (TPSA) is 17.1 Å². The summed E-state index contributed by atoms with van der Waals surface area (Å²) in [5, 5.41) is 0. The van der Waals surface area contributed by atoms with E-state index in [0.29, 0.717) is 17.3 Å². The molecule has 0 aliphatic heterocycles. The van der Waals surface area contributed by atoms with Crippen LogP contribution in [0.4, 0.5) is 0 Å². The van der Waals surface area contributed by atoms with Crippen molar-refractivity contribution in [3.05, 3.63) is 0 Å². The van der Waals surface area contributed by atoms with E-state index in [4.69, 9.17) is 0 Å². The van der Waals surface area contributed by atoms with Crippen LogP contribution in [-0.4, -0.2) is 6.29 Å². The largest absolute Gasteiger partial charge is 0.303 e. The fourth-order valence-electron chi connectivity index (χ4n) is 8.47. The van der Waals surface area contributed by atoms with Crippen molar-refractivity contribution in [2.45, 2.75) is 162 Å². The molecule has 0 heterocycles. The molecule has 0 aromatic rings. The quantitative estimate of drug-likeness (QED) is 0.187. The minimum atomic E-state index is 0.362.